The summed E-state index contributed by atoms with van der Waals surface area (Å²) in [5.41, 5.74) is 1.03. The molecule has 1 aliphatic rings. The van der Waals surface area contributed by atoms with Gasteiger partial charge in [0.1, 0.15) is 0 Å². The first-order chi connectivity index (χ1) is 11.3. The van der Waals surface area contributed by atoms with E-state index in [-0.39, 0.29) is 6.01 Å². The summed E-state index contributed by atoms with van der Waals surface area (Å²) in [6.45, 7) is 3.78. The van der Waals surface area contributed by atoms with Gasteiger partial charge in [0.2, 0.25) is 11.8 Å². The average molecular weight is 316 g/mol. The van der Waals surface area contributed by atoms with Crippen LogP contribution in [-0.2, 0) is 0 Å². The third-order valence-corrected chi connectivity index (χ3v) is 3.60. The minimum absolute atomic E-state index is 0.198. The number of nitrogens with one attached hydrogen (secondary N) is 1. The third-order valence-electron chi connectivity index (χ3n) is 3.60. The Morgan fingerprint density at radius 2 is 1.65 bits per heavy atom. The molecule has 1 aromatic carbocycles. The molecule has 0 aliphatic carbocycles. The molecule has 3 rings (SSSR count). The number of hydrogen-bond donors (Lipinski definition) is 1. The summed E-state index contributed by atoms with van der Waals surface area (Å²) in [5.74, 6) is 1.50. The molecule has 1 fully saturated rings. The molecule has 0 amide bonds. The highest BCUT2D eigenvalue weighted by Gasteiger charge is 2.16. The molecular weight excluding hydrogens is 296 g/mol. The molecule has 0 spiro atoms. The zero-order valence-corrected chi connectivity index (χ0v) is 13.3. The second kappa shape index (κ2) is 7.15. The minimum atomic E-state index is 0.198. The van der Waals surface area contributed by atoms with Gasteiger partial charge in [0.05, 0.1) is 26.0 Å². The first kappa shape index (κ1) is 15.4. The van der Waals surface area contributed by atoms with Crippen LogP contribution >= 0.6 is 0 Å². The Morgan fingerprint density at radius 1 is 1.00 bits per heavy atom. The quantitative estimate of drug-likeness (QED) is 0.900. The lowest BCUT2D eigenvalue weighted by Crippen LogP contribution is -2.43. The average Bonchev–Trinajstić information content (AvgIpc) is 2.62. The topological polar surface area (TPSA) is 68.7 Å². The molecule has 2 aromatic rings. The highest BCUT2D eigenvalue weighted by atomic mass is 16.5. The summed E-state index contributed by atoms with van der Waals surface area (Å²) in [5, 5.41) is 3.34. The van der Waals surface area contributed by atoms with E-state index >= 15 is 0 Å². The Hall–Kier alpha value is -2.54. The van der Waals surface area contributed by atoms with Gasteiger partial charge in [-0.3, -0.25) is 0 Å². The highest BCUT2D eigenvalue weighted by Crippen LogP contribution is 2.32. The first-order valence-corrected chi connectivity index (χ1v) is 7.50. The molecule has 0 bridgehead atoms. The zero-order chi connectivity index (χ0) is 16.1. The van der Waals surface area contributed by atoms with Gasteiger partial charge < -0.3 is 24.4 Å². The van der Waals surface area contributed by atoms with Crippen molar-refractivity contribution in [1.82, 2.24) is 15.3 Å². The molecule has 7 heteroatoms. The summed E-state index contributed by atoms with van der Waals surface area (Å²) < 4.78 is 16.2. The van der Waals surface area contributed by atoms with Crippen LogP contribution in [0, 0.1) is 0 Å². The molecule has 0 unspecified atom stereocenters. The molecule has 2 heterocycles. The molecule has 122 valence electrons. The zero-order valence-electron chi connectivity index (χ0n) is 13.3. The molecule has 23 heavy (non-hydrogen) atoms. The summed E-state index contributed by atoms with van der Waals surface area (Å²) in [7, 11) is 3.08. The maximum absolute atomic E-state index is 5.90. The van der Waals surface area contributed by atoms with Crippen LogP contribution in [-0.4, -0.2) is 50.4 Å². The van der Waals surface area contributed by atoms with Crippen LogP contribution in [0.3, 0.4) is 0 Å². The van der Waals surface area contributed by atoms with E-state index in [1.165, 1.54) is 0 Å². The molecule has 0 saturated carbocycles. The van der Waals surface area contributed by atoms with Crippen molar-refractivity contribution in [2.75, 3.05) is 45.3 Å². The van der Waals surface area contributed by atoms with Gasteiger partial charge >= 0.3 is 6.01 Å². The highest BCUT2D eigenvalue weighted by molar-refractivity contribution is 5.59. The van der Waals surface area contributed by atoms with Gasteiger partial charge in [-0.15, -0.1) is 0 Å². The smallest absolute Gasteiger partial charge is 0.328 e. The van der Waals surface area contributed by atoms with Gasteiger partial charge in [-0.05, 0) is 12.1 Å². The molecular formula is C16H20N4O3. The number of benzene rings is 1. The Labute approximate surface area is 135 Å². The number of rotatable bonds is 5. The first-order valence-electron chi connectivity index (χ1n) is 7.50. The molecule has 0 radical (unpaired) electrons. The third kappa shape index (κ3) is 3.62. The molecule has 1 N–H and O–H groups in total. The van der Waals surface area contributed by atoms with Crippen molar-refractivity contribution in [2.24, 2.45) is 0 Å². The van der Waals surface area contributed by atoms with Crippen LogP contribution in [0.5, 0.6) is 23.5 Å². The lowest BCUT2D eigenvalue weighted by Gasteiger charge is -2.30. The van der Waals surface area contributed by atoms with Gasteiger partial charge in [0.25, 0.3) is 0 Å². The van der Waals surface area contributed by atoms with Crippen molar-refractivity contribution >= 4 is 5.69 Å². The van der Waals surface area contributed by atoms with Crippen LogP contribution in [0.25, 0.3) is 0 Å². The maximum Gasteiger partial charge on any atom is 0.328 e. The Kier molecular flexibility index (Phi) is 4.77. The molecule has 0 atom stereocenters. The summed E-state index contributed by atoms with van der Waals surface area (Å²) in [6.07, 6.45) is 0. The number of hydrogen-bond acceptors (Lipinski definition) is 7. The SMILES string of the molecule is COc1cc(OC)nc(Oc2ccccc2N2CCNCC2)n1. The molecule has 1 aliphatic heterocycles. The normalized spacial score (nSPS) is 14.4. The van der Waals surface area contributed by atoms with Crippen LogP contribution in [0.15, 0.2) is 30.3 Å². The summed E-state index contributed by atoms with van der Waals surface area (Å²) in [4.78, 5) is 10.7. The lowest BCUT2D eigenvalue weighted by molar-refractivity contribution is 0.348. The number of para-hydroxylation sites is 2. The summed E-state index contributed by atoms with van der Waals surface area (Å²) in [6, 6.07) is 9.68. The number of piperazine rings is 1. The van der Waals surface area contributed by atoms with Crippen molar-refractivity contribution in [3.8, 4) is 23.5 Å². The van der Waals surface area contributed by atoms with Crippen LogP contribution < -0.4 is 24.4 Å². The molecule has 1 saturated heterocycles. The van der Waals surface area contributed by atoms with Gasteiger partial charge in [-0.25, -0.2) is 0 Å². The van der Waals surface area contributed by atoms with Crippen molar-refractivity contribution in [3.63, 3.8) is 0 Å². The maximum atomic E-state index is 5.90. The van der Waals surface area contributed by atoms with Crippen molar-refractivity contribution in [1.29, 1.82) is 0 Å². The Balaban J connectivity index is 1.88. The predicted octanol–water partition coefficient (Wildman–Crippen LogP) is 1.70. The summed E-state index contributed by atoms with van der Waals surface area (Å²) >= 11 is 0. The Morgan fingerprint density at radius 3 is 2.30 bits per heavy atom. The van der Waals surface area contributed by atoms with Gasteiger partial charge in [-0.2, -0.15) is 9.97 Å². The Bertz CT molecular complexity index is 637. The van der Waals surface area contributed by atoms with E-state index in [1.54, 1.807) is 20.3 Å². The fourth-order valence-electron chi connectivity index (χ4n) is 2.45. The largest absolute Gasteiger partial charge is 0.481 e. The number of aromatic nitrogens is 2. The van der Waals surface area contributed by atoms with Crippen molar-refractivity contribution in [3.05, 3.63) is 30.3 Å². The molecule has 7 nitrogen and oxygen atoms in total. The van der Waals surface area contributed by atoms with E-state index in [9.17, 15) is 0 Å². The van der Waals surface area contributed by atoms with E-state index in [2.05, 4.69) is 20.2 Å². The second-order valence-electron chi connectivity index (χ2n) is 5.04. The minimum Gasteiger partial charge on any atom is -0.481 e. The van der Waals surface area contributed by atoms with Crippen molar-refractivity contribution in [2.45, 2.75) is 0 Å². The van der Waals surface area contributed by atoms with Gasteiger partial charge in [0.15, 0.2) is 5.75 Å². The standard InChI is InChI=1S/C16H20N4O3/c1-21-14-11-15(22-2)19-16(18-14)23-13-6-4-3-5-12(13)20-9-7-17-8-10-20/h3-6,11,17H,7-10H2,1-2H3. The van der Waals surface area contributed by atoms with Crippen LogP contribution in [0.1, 0.15) is 0 Å². The monoisotopic (exact) mass is 316 g/mol. The fraction of sp³-hybridized carbons (Fsp3) is 0.375. The number of ether oxygens (including phenoxy) is 3. The van der Waals surface area contributed by atoms with E-state index < -0.39 is 0 Å². The van der Waals surface area contributed by atoms with Crippen LogP contribution in [0.2, 0.25) is 0 Å². The van der Waals surface area contributed by atoms with E-state index in [4.69, 9.17) is 14.2 Å². The van der Waals surface area contributed by atoms with E-state index in [0.717, 1.165) is 31.9 Å². The molecule has 1 aromatic heterocycles. The van der Waals surface area contributed by atoms with E-state index in [0.29, 0.717) is 17.5 Å². The van der Waals surface area contributed by atoms with Gasteiger partial charge in [0, 0.05) is 26.2 Å². The van der Waals surface area contributed by atoms with Crippen molar-refractivity contribution < 1.29 is 14.2 Å². The number of nitrogens with zero attached hydrogens (tertiary/aromatic N) is 3. The number of anilines is 1. The van der Waals surface area contributed by atoms with E-state index in [1.807, 2.05) is 24.3 Å². The lowest BCUT2D eigenvalue weighted by atomic mass is 10.2. The van der Waals surface area contributed by atoms with Gasteiger partial charge in [-0.1, -0.05) is 12.1 Å². The second-order valence-corrected chi connectivity index (χ2v) is 5.04. The van der Waals surface area contributed by atoms with Crippen LogP contribution in [0.4, 0.5) is 5.69 Å². The fourth-order valence-corrected chi connectivity index (χ4v) is 2.45. The predicted molar refractivity (Wildman–Crippen MR) is 86.7 cm³/mol. The number of methoxy groups -OCH3 is 2.